The van der Waals surface area contributed by atoms with Gasteiger partial charge in [0.15, 0.2) is 6.23 Å². The molecule has 0 aliphatic carbocycles. The molecule has 1 fully saturated rings. The lowest BCUT2D eigenvalue weighted by atomic mass is 9.85. The number of fused-ring (bicyclic) bond motifs is 4. The minimum atomic E-state index is -5.86. The van der Waals surface area contributed by atoms with Crippen molar-refractivity contribution in [2.45, 2.75) is 64.1 Å². The fourth-order valence-corrected chi connectivity index (χ4v) is 12.0. The number of carboxylic acids is 1. The van der Waals surface area contributed by atoms with Gasteiger partial charge in [0.1, 0.15) is 48.7 Å². The molecular formula is C43H48N6O18P3+. The summed E-state index contributed by atoms with van der Waals surface area (Å²) < 4.78 is 61.7. The van der Waals surface area contributed by atoms with Crippen molar-refractivity contribution >= 4 is 52.4 Å². The Balaban J connectivity index is 1.05. The molecule has 4 aliphatic rings. The number of benzene rings is 3. The van der Waals surface area contributed by atoms with E-state index >= 15 is 0 Å². The summed E-state index contributed by atoms with van der Waals surface area (Å²) in [5.41, 5.74) is 9.74. The third kappa shape index (κ3) is 10.7. The van der Waals surface area contributed by atoms with Crippen molar-refractivity contribution in [3.63, 3.8) is 0 Å². The van der Waals surface area contributed by atoms with E-state index in [1.165, 1.54) is 18.2 Å². The average Bonchev–Trinajstić information content (AvgIpc) is 3.57. The molecule has 24 nitrogen and oxygen atoms in total. The van der Waals surface area contributed by atoms with Gasteiger partial charge in [0.25, 0.3) is 5.91 Å². The maximum atomic E-state index is 13.8. The smallest absolute Gasteiger partial charge is 0.478 e. The normalized spacial score (nSPS) is 21.2. The van der Waals surface area contributed by atoms with Crippen LogP contribution in [0.15, 0.2) is 53.5 Å². The van der Waals surface area contributed by atoms with Crippen LogP contribution in [0, 0.1) is 11.8 Å². The Kier molecular flexibility index (Phi) is 14.4. The summed E-state index contributed by atoms with van der Waals surface area (Å²) in [7, 11) is -17.2. The molecule has 10 N–H and O–H groups in total. The molecular weight excluding hydrogens is 981 g/mol. The maximum Gasteiger partial charge on any atom is 0.490 e. The van der Waals surface area contributed by atoms with Gasteiger partial charge >= 0.3 is 35.1 Å². The summed E-state index contributed by atoms with van der Waals surface area (Å²) in [6.07, 6.45) is -2.76. The summed E-state index contributed by atoms with van der Waals surface area (Å²) in [4.78, 5) is 82.3. The first-order chi connectivity index (χ1) is 33.1. The van der Waals surface area contributed by atoms with Crippen LogP contribution in [-0.4, -0.2) is 114 Å². The topological polar surface area (TPSA) is 352 Å². The number of carboxylic acid groups (broad SMARTS) is 1. The van der Waals surface area contributed by atoms with Gasteiger partial charge in [-0.15, -0.1) is 0 Å². The number of phosphoric acid groups is 3. The molecule has 2 unspecified atom stereocenters. The fourth-order valence-electron chi connectivity index (χ4n) is 8.92. The first kappa shape index (κ1) is 50.8. The molecule has 8 rings (SSSR count). The number of hydrogen-bond acceptors (Lipinski definition) is 16. The Morgan fingerprint density at radius 1 is 0.957 bits per heavy atom. The van der Waals surface area contributed by atoms with E-state index in [2.05, 4.69) is 70.7 Å². The second kappa shape index (κ2) is 19.9. The summed E-state index contributed by atoms with van der Waals surface area (Å²) in [5.74, 6) is 4.32. The van der Waals surface area contributed by atoms with Crippen molar-refractivity contribution < 1.29 is 80.8 Å². The Hall–Kier alpha value is -5.60. The van der Waals surface area contributed by atoms with Gasteiger partial charge in [0.05, 0.1) is 30.3 Å². The van der Waals surface area contributed by atoms with Gasteiger partial charge in [-0.2, -0.15) is 13.6 Å². The number of aromatic nitrogens is 2. The highest BCUT2D eigenvalue weighted by atomic mass is 31.3. The van der Waals surface area contributed by atoms with Gasteiger partial charge < -0.3 is 60.3 Å². The Bertz CT molecular complexity index is 3220. The lowest BCUT2D eigenvalue weighted by molar-refractivity contribution is -0.0541. The minimum Gasteiger partial charge on any atom is -0.478 e. The number of nitrogens with two attached hydrogens (primary N) is 1. The van der Waals surface area contributed by atoms with E-state index in [9.17, 15) is 53.2 Å². The number of ether oxygens (including phenoxy) is 2. The molecule has 1 aromatic heterocycles. The number of aryl methyl sites for hydroxylation is 2. The zero-order chi connectivity index (χ0) is 50.4. The molecule has 1 saturated heterocycles. The van der Waals surface area contributed by atoms with Crippen molar-refractivity contribution in [1.29, 1.82) is 0 Å². The van der Waals surface area contributed by atoms with Crippen LogP contribution in [0.1, 0.15) is 81.5 Å². The van der Waals surface area contributed by atoms with E-state index < -0.39 is 72.2 Å². The number of amides is 1. The highest BCUT2D eigenvalue weighted by Gasteiger charge is 2.47. The molecule has 4 aromatic rings. The van der Waals surface area contributed by atoms with Gasteiger partial charge in [-0.1, -0.05) is 11.8 Å². The quantitative estimate of drug-likeness (QED) is 0.0423. The largest absolute Gasteiger partial charge is 0.490 e. The number of nitrogens with zero attached hydrogens (tertiary/aromatic N) is 4. The predicted octanol–water partition coefficient (Wildman–Crippen LogP) is 0.850. The maximum absolute atomic E-state index is 13.8. The molecule has 27 heteroatoms. The molecule has 1 amide bonds. The van der Waals surface area contributed by atoms with Crippen molar-refractivity contribution in [1.82, 2.24) is 19.4 Å². The molecule has 4 aliphatic heterocycles. The summed E-state index contributed by atoms with van der Waals surface area (Å²) in [6.45, 7) is 6.12. The first-order valence-electron chi connectivity index (χ1n) is 21.8. The van der Waals surface area contributed by atoms with E-state index in [4.69, 9.17) is 25.0 Å². The molecule has 5 heterocycles. The van der Waals surface area contributed by atoms with Crippen LogP contribution in [0.3, 0.4) is 0 Å². The molecule has 6 atom stereocenters. The molecule has 0 radical (unpaired) electrons. The van der Waals surface area contributed by atoms with Crippen LogP contribution in [0.25, 0.3) is 5.57 Å². The van der Waals surface area contributed by atoms with Gasteiger partial charge in [0, 0.05) is 64.9 Å². The number of aromatic carboxylic acids is 1. The Morgan fingerprint density at radius 3 is 2.43 bits per heavy atom. The van der Waals surface area contributed by atoms with Crippen molar-refractivity contribution in [3.05, 3.63) is 109 Å². The fraction of sp³-hybridized carbons (Fsp3) is 0.372. The van der Waals surface area contributed by atoms with Crippen molar-refractivity contribution in [3.8, 4) is 23.3 Å². The van der Waals surface area contributed by atoms with Crippen LogP contribution in [0.2, 0.25) is 0 Å². The number of hydrogen-bond donors (Lipinski definition) is 9. The predicted molar refractivity (Wildman–Crippen MR) is 246 cm³/mol. The third-order valence-corrected chi connectivity index (χ3v) is 15.9. The van der Waals surface area contributed by atoms with Crippen molar-refractivity contribution in [2.75, 3.05) is 50.0 Å². The molecule has 0 spiro atoms. The SMILES string of the molecule is CCN1CCCc2cc3c(cc21)Oc1cc2c(cc1=C3c1cc(C(=O)NCC#Cc3cn([C@@H]4O[C@H](COP(=O)(O)OP(=O)(O)OP(=O)(O)O)[C@@H](O)[C@H]4O)c(=O)nc3N)ccc1C(=O)O)CCC[N+]=2CC. The van der Waals surface area contributed by atoms with E-state index in [1.54, 1.807) is 0 Å². The third-order valence-electron chi connectivity index (χ3n) is 12.1. The number of carbonyl (C=O) groups is 2. The number of nitrogens with one attached hydrogen (secondary N) is 1. The molecule has 3 aromatic carbocycles. The van der Waals surface area contributed by atoms with Gasteiger partial charge in [-0.25, -0.2) is 27.9 Å². The number of carbonyl (C=O) groups excluding carboxylic acids is 1. The standard InChI is InChI=1S/C43H47N6O18P3/c1-3-47-14-6-9-23-16-29-33(19-31(23)47)64-34-20-32-24(10-7-15-48(32)4-2)17-30(34)36(29)28-18-25(11-12-27(28)42(53)54)40(52)45-13-5-8-26-21-49(43(55)46-39(26)44)41-38(51)37(50)35(65-41)22-63-69(59,60)67-70(61,62)66-68(56,57)58/h11-12,16-21,35,37-38,41,50-51H,3-4,6-7,9-10,13-15,22H2,1-2H3,(H7-,44,45,46,52,53,54,55,56,57,58,59,60,61,62)/p+1/t35-,37-,38-,41-/m1/s1. The zero-order valence-electron chi connectivity index (χ0n) is 37.3. The summed E-state index contributed by atoms with van der Waals surface area (Å²) >= 11 is 0. The monoisotopic (exact) mass is 1030 g/mol. The van der Waals surface area contributed by atoms with Crippen LogP contribution in [-0.2, 0) is 44.4 Å². The van der Waals surface area contributed by atoms with Crippen LogP contribution < -0.4 is 41.5 Å². The van der Waals surface area contributed by atoms with E-state index in [-0.39, 0.29) is 29.1 Å². The highest BCUT2D eigenvalue weighted by Crippen LogP contribution is 2.66. The molecule has 372 valence electrons. The molecule has 70 heavy (non-hydrogen) atoms. The number of phosphoric ester groups is 1. The van der Waals surface area contributed by atoms with E-state index in [0.29, 0.717) is 38.0 Å². The number of aliphatic hydroxyl groups is 2. The Morgan fingerprint density at radius 2 is 1.71 bits per heavy atom. The minimum absolute atomic E-state index is 0.0291. The average molecular weight is 1030 g/mol. The van der Waals surface area contributed by atoms with Crippen molar-refractivity contribution in [2.24, 2.45) is 0 Å². The van der Waals surface area contributed by atoms with Crippen LogP contribution in [0.5, 0.6) is 11.5 Å². The van der Waals surface area contributed by atoms with E-state index in [1.807, 2.05) is 12.1 Å². The van der Waals surface area contributed by atoms with Gasteiger partial charge in [-0.05, 0) is 74.6 Å². The lowest BCUT2D eigenvalue weighted by Gasteiger charge is -2.32. The van der Waals surface area contributed by atoms with Gasteiger partial charge in [0.2, 0.25) is 5.36 Å². The number of nitrogen functional groups attached to an aromatic ring is 1. The first-order valence-corrected chi connectivity index (χ1v) is 26.3. The number of anilines is 2. The molecule has 0 bridgehead atoms. The summed E-state index contributed by atoms with van der Waals surface area (Å²) in [5, 5.41) is 36.3. The van der Waals surface area contributed by atoms with Gasteiger partial charge in [-0.3, -0.25) is 13.9 Å². The summed E-state index contributed by atoms with van der Waals surface area (Å²) in [6, 6.07) is 12.5. The molecule has 0 saturated carbocycles. The lowest BCUT2D eigenvalue weighted by Crippen LogP contribution is -2.39. The van der Waals surface area contributed by atoms with Crippen LogP contribution >= 0.6 is 23.5 Å². The highest BCUT2D eigenvalue weighted by molar-refractivity contribution is 7.66. The second-order valence-corrected chi connectivity index (χ2v) is 20.9. The van der Waals surface area contributed by atoms with E-state index in [0.717, 1.165) is 80.2 Å². The van der Waals surface area contributed by atoms with Crippen LogP contribution in [0.4, 0.5) is 11.5 Å². The number of aliphatic hydroxyl groups excluding tert-OH is 2. The Labute approximate surface area is 397 Å². The second-order valence-electron chi connectivity index (χ2n) is 16.5. The number of rotatable bonds is 14. The zero-order valence-corrected chi connectivity index (χ0v) is 40.0.